The number of amides is 1. The molecule has 2 aromatic rings. The van der Waals surface area contributed by atoms with Gasteiger partial charge >= 0.3 is 0 Å². The van der Waals surface area contributed by atoms with Gasteiger partial charge in [0.2, 0.25) is 11.2 Å². The highest BCUT2D eigenvalue weighted by molar-refractivity contribution is 6.35. The molecular weight excluding hydrogens is 345 g/mol. The van der Waals surface area contributed by atoms with E-state index in [2.05, 4.69) is 15.0 Å². The minimum atomic E-state index is -1.02. The standard InChI is InChI=1S/C13H15Cl2N5O3/c14-11-8-12(19-13(15)18-11)20(4-17-8)6-3-5(1-2-7(16)21)9(22)10(6)23/h4-6,9-10,22-23H,1-3H2,(H2,16,21)/t5-,6+,9+,10-/m0/s1. The van der Waals surface area contributed by atoms with Gasteiger partial charge in [-0.25, -0.2) is 9.97 Å². The Labute approximate surface area is 141 Å². The molecule has 1 aliphatic rings. The molecule has 0 aromatic carbocycles. The molecule has 4 N–H and O–H groups in total. The second-order valence-electron chi connectivity index (χ2n) is 5.66. The smallest absolute Gasteiger partial charge is 0.225 e. The maximum atomic E-state index is 10.9. The highest BCUT2D eigenvalue weighted by atomic mass is 35.5. The van der Waals surface area contributed by atoms with Crippen LogP contribution in [0.25, 0.3) is 11.2 Å². The van der Waals surface area contributed by atoms with Crippen LogP contribution in [-0.4, -0.2) is 47.8 Å². The number of fused-ring (bicyclic) bond motifs is 1. The molecule has 1 fully saturated rings. The van der Waals surface area contributed by atoms with Crippen LogP contribution in [0.2, 0.25) is 10.4 Å². The van der Waals surface area contributed by atoms with Gasteiger partial charge in [0, 0.05) is 6.42 Å². The number of imidazole rings is 1. The number of nitrogens with zero attached hydrogens (tertiary/aromatic N) is 4. The summed E-state index contributed by atoms with van der Waals surface area (Å²) < 4.78 is 1.63. The number of primary amides is 1. The van der Waals surface area contributed by atoms with E-state index >= 15 is 0 Å². The molecule has 0 spiro atoms. The molecular formula is C13H15Cl2N5O3. The fourth-order valence-electron chi connectivity index (χ4n) is 3.09. The van der Waals surface area contributed by atoms with Crippen LogP contribution >= 0.6 is 23.2 Å². The van der Waals surface area contributed by atoms with E-state index in [0.717, 1.165) is 0 Å². The first-order chi connectivity index (χ1) is 10.9. The first kappa shape index (κ1) is 16.4. The zero-order chi connectivity index (χ0) is 16.7. The predicted molar refractivity (Wildman–Crippen MR) is 82.9 cm³/mol. The molecule has 2 heterocycles. The maximum absolute atomic E-state index is 10.9. The molecule has 1 saturated carbocycles. The molecule has 10 heteroatoms. The van der Waals surface area contributed by atoms with Crippen LogP contribution in [0.1, 0.15) is 25.3 Å². The van der Waals surface area contributed by atoms with Gasteiger partial charge in [-0.1, -0.05) is 11.6 Å². The van der Waals surface area contributed by atoms with Crippen LogP contribution in [0.5, 0.6) is 0 Å². The van der Waals surface area contributed by atoms with Crippen molar-refractivity contribution in [3.8, 4) is 0 Å². The van der Waals surface area contributed by atoms with Gasteiger partial charge in [-0.05, 0) is 30.4 Å². The molecule has 2 aromatic heterocycles. The van der Waals surface area contributed by atoms with Crippen LogP contribution in [0.15, 0.2) is 6.33 Å². The van der Waals surface area contributed by atoms with Gasteiger partial charge in [-0.15, -0.1) is 0 Å². The maximum Gasteiger partial charge on any atom is 0.225 e. The zero-order valence-corrected chi connectivity index (χ0v) is 13.4. The highest BCUT2D eigenvalue weighted by Crippen LogP contribution is 2.39. The molecule has 0 aliphatic heterocycles. The lowest BCUT2D eigenvalue weighted by Crippen LogP contribution is -2.29. The molecule has 4 atom stereocenters. The fourth-order valence-corrected chi connectivity index (χ4v) is 3.51. The number of aliphatic hydroxyl groups is 2. The monoisotopic (exact) mass is 359 g/mol. The Bertz CT molecular complexity index is 753. The number of aliphatic hydroxyl groups excluding tert-OH is 2. The first-order valence-corrected chi connectivity index (χ1v) is 7.84. The Hall–Kier alpha value is -1.48. The average molecular weight is 360 g/mol. The van der Waals surface area contributed by atoms with E-state index in [1.54, 1.807) is 4.57 Å². The fraction of sp³-hybridized carbons (Fsp3) is 0.538. The van der Waals surface area contributed by atoms with Crippen LogP contribution < -0.4 is 5.73 Å². The van der Waals surface area contributed by atoms with Crippen molar-refractivity contribution >= 4 is 40.3 Å². The van der Waals surface area contributed by atoms with Gasteiger partial charge in [-0.2, -0.15) is 4.98 Å². The highest BCUT2D eigenvalue weighted by Gasteiger charge is 2.42. The molecule has 1 amide bonds. The second kappa shape index (κ2) is 6.20. The molecule has 1 aliphatic carbocycles. The van der Waals surface area contributed by atoms with Gasteiger partial charge < -0.3 is 20.5 Å². The van der Waals surface area contributed by atoms with E-state index in [9.17, 15) is 15.0 Å². The Morgan fingerprint density at radius 1 is 1.35 bits per heavy atom. The van der Waals surface area contributed by atoms with E-state index in [1.165, 1.54) is 6.33 Å². The lowest BCUT2D eigenvalue weighted by atomic mass is 9.99. The summed E-state index contributed by atoms with van der Waals surface area (Å²) in [6.07, 6.45) is 0.542. The third kappa shape index (κ3) is 2.99. The summed E-state index contributed by atoms with van der Waals surface area (Å²) in [5.41, 5.74) is 5.91. The minimum Gasteiger partial charge on any atom is -0.390 e. The molecule has 3 rings (SSSR count). The number of rotatable bonds is 4. The van der Waals surface area contributed by atoms with Crippen LogP contribution in [0.4, 0.5) is 0 Å². The Balaban J connectivity index is 1.91. The number of hydrogen-bond donors (Lipinski definition) is 3. The Kier molecular flexibility index (Phi) is 4.41. The van der Waals surface area contributed by atoms with Crippen molar-refractivity contribution in [1.29, 1.82) is 0 Å². The van der Waals surface area contributed by atoms with E-state index in [0.29, 0.717) is 24.0 Å². The molecule has 0 bridgehead atoms. The third-order valence-electron chi connectivity index (χ3n) is 4.24. The molecule has 8 nitrogen and oxygen atoms in total. The topological polar surface area (TPSA) is 127 Å². The van der Waals surface area contributed by atoms with Gasteiger partial charge in [0.15, 0.2) is 10.8 Å². The lowest BCUT2D eigenvalue weighted by molar-refractivity contribution is -0.118. The number of halogens is 2. The summed E-state index contributed by atoms with van der Waals surface area (Å²) in [6.45, 7) is 0. The normalized spacial score (nSPS) is 27.7. The third-order valence-corrected chi connectivity index (χ3v) is 4.67. The van der Waals surface area contributed by atoms with Crippen molar-refractivity contribution in [2.45, 2.75) is 37.5 Å². The first-order valence-electron chi connectivity index (χ1n) is 7.08. The van der Waals surface area contributed by atoms with Crippen LogP contribution in [0.3, 0.4) is 0 Å². The summed E-state index contributed by atoms with van der Waals surface area (Å²) in [5.74, 6) is -0.678. The zero-order valence-electron chi connectivity index (χ0n) is 11.9. The molecule has 0 radical (unpaired) electrons. The number of carbonyl (C=O) groups is 1. The van der Waals surface area contributed by atoms with Crippen LogP contribution in [-0.2, 0) is 4.79 Å². The Morgan fingerprint density at radius 3 is 2.78 bits per heavy atom. The largest absolute Gasteiger partial charge is 0.390 e. The summed E-state index contributed by atoms with van der Waals surface area (Å²) in [5, 5.41) is 20.6. The molecule has 23 heavy (non-hydrogen) atoms. The molecule has 0 unspecified atom stereocenters. The predicted octanol–water partition coefficient (Wildman–Crippen LogP) is 0.681. The Morgan fingerprint density at radius 2 is 2.09 bits per heavy atom. The molecule has 0 saturated heterocycles. The number of aromatic nitrogens is 4. The lowest BCUT2D eigenvalue weighted by Gasteiger charge is -2.18. The van der Waals surface area contributed by atoms with E-state index in [4.69, 9.17) is 28.9 Å². The summed E-state index contributed by atoms with van der Waals surface area (Å²) in [6, 6.07) is -0.449. The van der Waals surface area contributed by atoms with Crippen molar-refractivity contribution in [2.75, 3.05) is 0 Å². The summed E-state index contributed by atoms with van der Waals surface area (Å²) in [7, 11) is 0. The SMILES string of the molecule is NC(=O)CC[C@H]1C[C@@H](n2cnc3c(Cl)nc(Cl)nc32)[C@H](O)[C@@H]1O. The van der Waals surface area contributed by atoms with Crippen molar-refractivity contribution in [3.05, 3.63) is 16.8 Å². The van der Waals surface area contributed by atoms with Crippen molar-refractivity contribution < 1.29 is 15.0 Å². The van der Waals surface area contributed by atoms with Crippen molar-refractivity contribution in [1.82, 2.24) is 19.5 Å². The summed E-state index contributed by atoms with van der Waals surface area (Å²) >= 11 is 11.8. The van der Waals surface area contributed by atoms with E-state index < -0.39 is 24.2 Å². The summed E-state index contributed by atoms with van der Waals surface area (Å²) in [4.78, 5) is 23.0. The van der Waals surface area contributed by atoms with E-state index in [-0.39, 0.29) is 22.8 Å². The van der Waals surface area contributed by atoms with Crippen molar-refractivity contribution in [3.63, 3.8) is 0 Å². The quantitative estimate of drug-likeness (QED) is 0.544. The van der Waals surface area contributed by atoms with Gasteiger partial charge in [0.05, 0.1) is 18.5 Å². The number of hydrogen-bond acceptors (Lipinski definition) is 6. The van der Waals surface area contributed by atoms with Gasteiger partial charge in [0.1, 0.15) is 11.6 Å². The van der Waals surface area contributed by atoms with E-state index in [1.807, 2.05) is 0 Å². The van der Waals surface area contributed by atoms with Crippen LogP contribution in [0, 0.1) is 5.92 Å². The number of nitrogens with two attached hydrogens (primary N) is 1. The molecule has 124 valence electrons. The average Bonchev–Trinajstić information content (AvgIpc) is 3.00. The second-order valence-corrected chi connectivity index (χ2v) is 6.35. The minimum absolute atomic E-state index is 0.0254. The number of carbonyl (C=O) groups excluding carboxylic acids is 1. The van der Waals surface area contributed by atoms with Crippen molar-refractivity contribution in [2.24, 2.45) is 11.7 Å². The van der Waals surface area contributed by atoms with Gasteiger partial charge in [0.25, 0.3) is 0 Å². The van der Waals surface area contributed by atoms with Gasteiger partial charge in [-0.3, -0.25) is 4.79 Å².